The number of hydrogen-bond acceptors (Lipinski definition) is 3. The molecule has 1 saturated carbocycles. The highest BCUT2D eigenvalue weighted by Crippen LogP contribution is 2.32. The Morgan fingerprint density at radius 2 is 2.05 bits per heavy atom. The third kappa shape index (κ3) is 3.14. The molecular weight excluding hydrogens is 280 g/mol. The Kier molecular flexibility index (Phi) is 4.03. The van der Waals surface area contributed by atoms with Crippen LogP contribution in [-0.2, 0) is 11.3 Å². The molecule has 0 N–H and O–H groups in total. The number of nitrogens with zero attached hydrogens (tertiary/aromatic N) is 2. The highest BCUT2D eigenvalue weighted by Gasteiger charge is 2.36. The van der Waals surface area contributed by atoms with Gasteiger partial charge in [-0.15, -0.1) is 11.3 Å². The molecule has 3 rings (SSSR count). The molecule has 1 unspecified atom stereocenters. The van der Waals surface area contributed by atoms with E-state index in [9.17, 15) is 10.1 Å². The molecular formula is C17H16N2OS. The predicted octanol–water partition coefficient (Wildman–Crippen LogP) is 3.55. The lowest BCUT2D eigenvalue weighted by Crippen LogP contribution is -2.35. The number of hydrogen-bond donors (Lipinski definition) is 0. The van der Waals surface area contributed by atoms with Gasteiger partial charge in [-0.2, -0.15) is 5.26 Å². The molecule has 0 radical (unpaired) electrons. The van der Waals surface area contributed by atoms with E-state index in [1.54, 1.807) is 11.3 Å². The molecule has 1 amide bonds. The number of carbonyl (C=O) groups is 1. The Morgan fingerprint density at radius 1 is 1.29 bits per heavy atom. The average Bonchev–Trinajstić information content (AvgIpc) is 3.23. The van der Waals surface area contributed by atoms with Gasteiger partial charge in [0, 0.05) is 10.9 Å². The molecule has 0 aliphatic heterocycles. The van der Waals surface area contributed by atoms with Crippen molar-refractivity contribution in [2.75, 3.05) is 0 Å². The van der Waals surface area contributed by atoms with Gasteiger partial charge in [0.2, 0.25) is 5.91 Å². The molecule has 0 saturated heterocycles. The largest absolute Gasteiger partial charge is 0.333 e. The SMILES string of the molecule is N#CC(C(=O)N(Cc1cccs1)C1CC1)c1ccccc1. The second-order valence-electron chi connectivity index (χ2n) is 5.25. The standard InChI is InChI=1S/C17H16N2OS/c18-11-16(13-5-2-1-3-6-13)17(20)19(14-8-9-14)12-15-7-4-10-21-15/h1-7,10,14,16H,8-9,12H2. The molecule has 1 aromatic heterocycles. The monoisotopic (exact) mass is 296 g/mol. The summed E-state index contributed by atoms with van der Waals surface area (Å²) < 4.78 is 0. The number of nitriles is 1. The van der Waals surface area contributed by atoms with E-state index in [0.29, 0.717) is 12.6 Å². The maximum Gasteiger partial charge on any atom is 0.245 e. The van der Waals surface area contributed by atoms with Gasteiger partial charge in [-0.05, 0) is 29.9 Å². The van der Waals surface area contributed by atoms with Gasteiger partial charge < -0.3 is 4.90 Å². The molecule has 1 heterocycles. The van der Waals surface area contributed by atoms with Crippen LogP contribution in [0.2, 0.25) is 0 Å². The van der Waals surface area contributed by atoms with Gasteiger partial charge in [0.05, 0.1) is 12.6 Å². The molecule has 1 aliphatic rings. The fourth-order valence-corrected chi connectivity index (χ4v) is 3.13. The molecule has 2 aromatic rings. The Morgan fingerprint density at radius 3 is 2.62 bits per heavy atom. The first-order valence-corrected chi connectivity index (χ1v) is 7.95. The molecule has 0 bridgehead atoms. The summed E-state index contributed by atoms with van der Waals surface area (Å²) >= 11 is 1.65. The van der Waals surface area contributed by atoms with E-state index >= 15 is 0 Å². The van der Waals surface area contributed by atoms with Gasteiger partial charge in [-0.25, -0.2) is 0 Å². The van der Waals surface area contributed by atoms with Gasteiger partial charge >= 0.3 is 0 Å². The fraction of sp³-hybridized carbons (Fsp3) is 0.294. The predicted molar refractivity (Wildman–Crippen MR) is 82.7 cm³/mol. The quantitative estimate of drug-likeness (QED) is 0.847. The molecule has 21 heavy (non-hydrogen) atoms. The van der Waals surface area contributed by atoms with E-state index in [1.165, 1.54) is 4.88 Å². The average molecular weight is 296 g/mol. The van der Waals surface area contributed by atoms with E-state index < -0.39 is 5.92 Å². The second kappa shape index (κ2) is 6.11. The van der Waals surface area contributed by atoms with Gasteiger partial charge in [-0.1, -0.05) is 36.4 Å². The van der Waals surface area contributed by atoms with Crippen LogP contribution >= 0.6 is 11.3 Å². The molecule has 1 fully saturated rings. The summed E-state index contributed by atoms with van der Waals surface area (Å²) in [6, 6.07) is 15.8. The number of benzene rings is 1. The lowest BCUT2D eigenvalue weighted by Gasteiger charge is -2.24. The minimum Gasteiger partial charge on any atom is -0.333 e. The molecule has 0 spiro atoms. The van der Waals surface area contributed by atoms with Crippen molar-refractivity contribution in [1.82, 2.24) is 4.90 Å². The van der Waals surface area contributed by atoms with E-state index in [0.717, 1.165) is 18.4 Å². The van der Waals surface area contributed by atoms with Crippen molar-refractivity contribution < 1.29 is 4.79 Å². The summed E-state index contributed by atoms with van der Waals surface area (Å²) in [6.45, 7) is 0.617. The van der Waals surface area contributed by atoms with Crippen LogP contribution in [0.3, 0.4) is 0 Å². The summed E-state index contributed by atoms with van der Waals surface area (Å²) in [5, 5.41) is 11.4. The van der Waals surface area contributed by atoms with Crippen molar-refractivity contribution in [2.45, 2.75) is 31.3 Å². The number of rotatable bonds is 5. The first kappa shape index (κ1) is 13.8. The maximum absolute atomic E-state index is 12.8. The number of thiophene rings is 1. The first-order chi connectivity index (χ1) is 10.3. The summed E-state index contributed by atoms with van der Waals surface area (Å²) in [5.74, 6) is -0.772. The molecule has 3 nitrogen and oxygen atoms in total. The minimum absolute atomic E-state index is 0.0698. The normalized spacial score (nSPS) is 15.2. The van der Waals surface area contributed by atoms with Gasteiger partial charge in [0.25, 0.3) is 0 Å². The van der Waals surface area contributed by atoms with Gasteiger partial charge in [-0.3, -0.25) is 4.79 Å². The maximum atomic E-state index is 12.8. The fourth-order valence-electron chi connectivity index (χ4n) is 2.43. The van der Waals surface area contributed by atoms with E-state index in [1.807, 2.05) is 52.7 Å². The first-order valence-electron chi connectivity index (χ1n) is 7.07. The van der Waals surface area contributed by atoms with Crippen LogP contribution in [0.25, 0.3) is 0 Å². The Bertz CT molecular complexity index is 641. The number of carbonyl (C=O) groups excluding carboxylic acids is 1. The Labute approximate surface area is 128 Å². The lowest BCUT2D eigenvalue weighted by atomic mass is 9.99. The second-order valence-corrected chi connectivity index (χ2v) is 6.28. The van der Waals surface area contributed by atoms with Crippen molar-refractivity contribution in [3.63, 3.8) is 0 Å². The lowest BCUT2D eigenvalue weighted by molar-refractivity contribution is -0.132. The summed E-state index contributed by atoms with van der Waals surface area (Å²) in [4.78, 5) is 15.8. The van der Waals surface area contributed by atoms with Crippen molar-refractivity contribution in [1.29, 1.82) is 5.26 Å². The van der Waals surface area contributed by atoms with E-state index in [-0.39, 0.29) is 5.91 Å². The van der Waals surface area contributed by atoms with Crippen LogP contribution in [-0.4, -0.2) is 16.8 Å². The smallest absolute Gasteiger partial charge is 0.245 e. The Balaban J connectivity index is 1.81. The van der Waals surface area contributed by atoms with Crippen LogP contribution in [0.4, 0.5) is 0 Å². The van der Waals surface area contributed by atoms with Crippen molar-refractivity contribution in [3.05, 3.63) is 58.3 Å². The minimum atomic E-state index is -0.702. The number of amides is 1. The van der Waals surface area contributed by atoms with Gasteiger partial charge in [0.1, 0.15) is 5.92 Å². The molecule has 1 aromatic carbocycles. The summed E-state index contributed by atoms with van der Waals surface area (Å²) in [5.41, 5.74) is 0.779. The molecule has 106 valence electrons. The third-order valence-corrected chi connectivity index (χ3v) is 4.55. The molecule has 1 aliphatic carbocycles. The molecule has 1 atom stereocenters. The molecule has 4 heteroatoms. The van der Waals surface area contributed by atoms with Crippen LogP contribution in [0, 0.1) is 11.3 Å². The van der Waals surface area contributed by atoms with Crippen LogP contribution < -0.4 is 0 Å². The van der Waals surface area contributed by atoms with Crippen LogP contribution in [0.5, 0.6) is 0 Å². The summed E-state index contributed by atoms with van der Waals surface area (Å²) in [6.07, 6.45) is 2.09. The zero-order valence-corrected chi connectivity index (χ0v) is 12.4. The zero-order chi connectivity index (χ0) is 14.7. The van der Waals surface area contributed by atoms with E-state index in [4.69, 9.17) is 0 Å². The highest BCUT2D eigenvalue weighted by molar-refractivity contribution is 7.09. The zero-order valence-electron chi connectivity index (χ0n) is 11.6. The third-order valence-electron chi connectivity index (χ3n) is 3.69. The van der Waals surface area contributed by atoms with Crippen LogP contribution in [0.1, 0.15) is 29.2 Å². The van der Waals surface area contributed by atoms with E-state index in [2.05, 4.69) is 6.07 Å². The van der Waals surface area contributed by atoms with Crippen molar-refractivity contribution in [3.8, 4) is 6.07 Å². The Hall–Kier alpha value is -2.12. The van der Waals surface area contributed by atoms with Crippen molar-refractivity contribution >= 4 is 17.2 Å². The topological polar surface area (TPSA) is 44.1 Å². The highest BCUT2D eigenvalue weighted by atomic mass is 32.1. The summed E-state index contributed by atoms with van der Waals surface area (Å²) in [7, 11) is 0. The van der Waals surface area contributed by atoms with Gasteiger partial charge in [0.15, 0.2) is 0 Å². The van der Waals surface area contributed by atoms with Crippen molar-refractivity contribution in [2.24, 2.45) is 0 Å². The van der Waals surface area contributed by atoms with Crippen LogP contribution in [0.15, 0.2) is 47.8 Å².